The Labute approximate surface area is 375 Å². The van der Waals surface area contributed by atoms with Gasteiger partial charge in [0.1, 0.15) is 73.2 Å². The fraction of sp³-hybridized carbons (Fsp3) is 0.936. The van der Waals surface area contributed by atoms with E-state index < -0.39 is 116 Å². The lowest BCUT2D eigenvalue weighted by Crippen LogP contribution is -2.67. The molecule has 17 nitrogen and oxygen atoms in total. The predicted molar refractivity (Wildman–Crippen MR) is 222 cm³/mol. The maximum absolute atomic E-state index is 13.7. The van der Waals surface area contributed by atoms with Crippen LogP contribution >= 0.6 is 0 Å². The van der Waals surface area contributed by atoms with Gasteiger partial charge < -0.3 is 79.1 Å². The molecule has 4 saturated heterocycles. The molecule has 4 saturated carbocycles. The number of fused-ring (bicyclic) bond motifs is 7. The molecule has 364 valence electrons. The first-order chi connectivity index (χ1) is 29.9. The predicted octanol–water partition coefficient (Wildman–Crippen LogP) is 0.796. The highest BCUT2D eigenvalue weighted by atomic mass is 16.8. The van der Waals surface area contributed by atoms with E-state index in [1.807, 2.05) is 0 Å². The molecular formula is C47H74O17. The van der Waals surface area contributed by atoms with E-state index >= 15 is 0 Å². The molecule has 64 heavy (non-hydrogen) atoms. The Balaban J connectivity index is 0.971. The monoisotopic (exact) mass is 910 g/mol. The molecule has 2 bridgehead atoms. The molecule has 0 radical (unpaired) electrons. The fourth-order valence-corrected chi connectivity index (χ4v) is 15.2. The first-order valence-corrected chi connectivity index (χ1v) is 23.8. The van der Waals surface area contributed by atoms with Crippen molar-refractivity contribution in [1.82, 2.24) is 0 Å². The highest BCUT2D eigenvalue weighted by molar-refractivity contribution is 5.81. The van der Waals surface area contributed by atoms with Crippen molar-refractivity contribution in [2.45, 2.75) is 204 Å². The van der Waals surface area contributed by atoms with E-state index in [9.17, 15) is 50.8 Å². The third kappa shape index (κ3) is 6.98. The zero-order valence-electron chi connectivity index (χ0n) is 38.3. The maximum atomic E-state index is 13.7. The summed E-state index contributed by atoms with van der Waals surface area (Å²) in [5, 5.41) is 95.6. The van der Waals surface area contributed by atoms with Crippen molar-refractivity contribution in [1.29, 1.82) is 0 Å². The minimum atomic E-state index is -1.81. The third-order valence-electron chi connectivity index (χ3n) is 19.3. The minimum Gasteiger partial charge on any atom is -0.461 e. The quantitative estimate of drug-likeness (QED) is 0.0927. The summed E-state index contributed by atoms with van der Waals surface area (Å²) in [7, 11) is 0. The molecule has 0 unspecified atom stereocenters. The lowest BCUT2D eigenvalue weighted by molar-refractivity contribution is -0.381. The van der Waals surface area contributed by atoms with Crippen molar-refractivity contribution < 1.29 is 83.9 Å². The summed E-state index contributed by atoms with van der Waals surface area (Å²) in [6, 6.07) is 0. The summed E-state index contributed by atoms with van der Waals surface area (Å²) in [5.74, 6) is 0.720. The van der Waals surface area contributed by atoms with Gasteiger partial charge in [-0.2, -0.15) is 0 Å². The second-order valence-corrected chi connectivity index (χ2v) is 23.2. The van der Waals surface area contributed by atoms with E-state index in [1.54, 1.807) is 0 Å². The third-order valence-corrected chi connectivity index (χ3v) is 19.3. The Morgan fingerprint density at radius 2 is 1.39 bits per heavy atom. The van der Waals surface area contributed by atoms with E-state index in [0.717, 1.165) is 51.4 Å². The SMILES string of the molecule is CC1(C)C[C@@H]2C3=CC[C@@H]4[C@@]5(C)CC[C@H](O[C@@H]6O[C@H](CO[C@@H]7OC[C@H](O)[C@H](O)[C@H]7O)[C@@H](O)[C@H](O)[C@H]6O[C@@H]6O[C@H](CO)[C@@H](O)[C@H](O)[C@H]6O)C(C)(C)[C@@H]5CC[C@@]4(C)[C@]3(C)CC[C@@]23C[C@@H]1OC3=O. The molecular weight excluding hydrogens is 836 g/mol. The Morgan fingerprint density at radius 3 is 2.11 bits per heavy atom. The molecule has 0 aromatic rings. The van der Waals surface area contributed by atoms with Crippen molar-refractivity contribution in [3.8, 4) is 0 Å². The largest absolute Gasteiger partial charge is 0.461 e. The molecule has 4 aliphatic heterocycles. The summed E-state index contributed by atoms with van der Waals surface area (Å²) < 4.78 is 42.3. The average molecular weight is 911 g/mol. The number of allylic oxidation sites excluding steroid dienone is 2. The van der Waals surface area contributed by atoms with Crippen LogP contribution in [0.1, 0.15) is 106 Å². The van der Waals surface area contributed by atoms with Crippen molar-refractivity contribution in [3.05, 3.63) is 11.6 Å². The van der Waals surface area contributed by atoms with Gasteiger partial charge in [-0.1, -0.05) is 60.1 Å². The average Bonchev–Trinajstić information content (AvgIpc) is 3.55. The van der Waals surface area contributed by atoms with Crippen molar-refractivity contribution in [2.75, 3.05) is 19.8 Å². The molecule has 17 heteroatoms. The number of ether oxygens (including phenoxy) is 7. The topological polar surface area (TPSA) is 264 Å². The highest BCUT2D eigenvalue weighted by Crippen LogP contribution is 2.76. The number of aliphatic hydroxyl groups excluding tert-OH is 9. The van der Waals surface area contributed by atoms with Crippen LogP contribution in [-0.2, 0) is 38.0 Å². The molecule has 8 fully saturated rings. The Kier molecular flexibility index (Phi) is 12.2. The molecule has 9 rings (SSSR count). The van der Waals surface area contributed by atoms with Gasteiger partial charge in [0.2, 0.25) is 0 Å². The van der Waals surface area contributed by atoms with Gasteiger partial charge in [0.05, 0.1) is 31.3 Å². The summed E-state index contributed by atoms with van der Waals surface area (Å²) in [6.45, 7) is 14.9. The van der Waals surface area contributed by atoms with Crippen molar-refractivity contribution >= 4 is 5.97 Å². The maximum Gasteiger partial charge on any atom is 0.313 e. The number of hydrogen-bond acceptors (Lipinski definition) is 17. The van der Waals surface area contributed by atoms with Crippen LogP contribution in [0.3, 0.4) is 0 Å². The van der Waals surface area contributed by atoms with Gasteiger partial charge in [-0.25, -0.2) is 0 Å². The molecule has 5 aliphatic carbocycles. The van der Waals surface area contributed by atoms with Gasteiger partial charge >= 0.3 is 5.97 Å². The molecule has 4 heterocycles. The summed E-state index contributed by atoms with van der Waals surface area (Å²) >= 11 is 0. The van der Waals surface area contributed by atoms with Crippen LogP contribution in [0.4, 0.5) is 0 Å². The van der Waals surface area contributed by atoms with E-state index in [0.29, 0.717) is 12.3 Å². The number of rotatable bonds is 8. The molecule has 0 amide bonds. The van der Waals surface area contributed by atoms with Crippen LogP contribution in [0.2, 0.25) is 0 Å². The second-order valence-electron chi connectivity index (χ2n) is 23.2. The first kappa shape index (κ1) is 47.7. The molecule has 1 spiro atoms. The standard InChI is InChI=1S/C47H74O17/c1-42(2)16-22-21-8-9-27-44(5)12-11-28(43(3,4)26(44)10-13-46(27,7)45(21,6)14-15-47(22)17-29(42)63-41(47)57)62-40-37(64-39-36(56)33(53)31(51)24(18-48)60-39)34(54)32(52)25(61-40)20-59-38-35(55)30(50)23(49)19-58-38/h8,22-40,48-56H,9-20H2,1-7H3/t22-,23+,24-,25-,26+,27-,28+,29+,30+,31-,32-,33+,34+,35-,36-,37-,38+,39+,40+,44+,45-,46-,47-/m1/s1. The Bertz CT molecular complexity index is 1790. The Morgan fingerprint density at radius 1 is 0.703 bits per heavy atom. The number of esters is 1. The Hall–Kier alpha value is -1.39. The molecule has 9 aliphatic rings. The zero-order chi connectivity index (χ0) is 46.3. The van der Waals surface area contributed by atoms with Gasteiger partial charge in [0.25, 0.3) is 0 Å². The normalized spacial score (nSPS) is 55.3. The van der Waals surface area contributed by atoms with Gasteiger partial charge in [-0.15, -0.1) is 0 Å². The number of hydrogen-bond donors (Lipinski definition) is 9. The number of carbonyl (C=O) groups is 1. The summed E-state index contributed by atoms with van der Waals surface area (Å²) in [6.07, 6.45) is -11.9. The van der Waals surface area contributed by atoms with Gasteiger partial charge in [0.15, 0.2) is 18.9 Å². The van der Waals surface area contributed by atoms with E-state index in [4.69, 9.17) is 33.2 Å². The van der Waals surface area contributed by atoms with Crippen LogP contribution < -0.4 is 0 Å². The summed E-state index contributed by atoms with van der Waals surface area (Å²) in [4.78, 5) is 13.7. The minimum absolute atomic E-state index is 0.000283. The smallest absolute Gasteiger partial charge is 0.313 e. The lowest BCUT2D eigenvalue weighted by Gasteiger charge is -2.71. The fourth-order valence-electron chi connectivity index (χ4n) is 15.2. The van der Waals surface area contributed by atoms with Crippen LogP contribution in [0, 0.1) is 50.2 Å². The van der Waals surface area contributed by atoms with Gasteiger partial charge in [-0.3, -0.25) is 4.79 Å². The van der Waals surface area contributed by atoms with E-state index in [2.05, 4.69) is 54.5 Å². The summed E-state index contributed by atoms with van der Waals surface area (Å²) in [5.41, 5.74) is 0.288. The van der Waals surface area contributed by atoms with E-state index in [-0.39, 0.29) is 52.2 Å². The number of carbonyl (C=O) groups excluding carboxylic acids is 1. The number of aliphatic hydroxyl groups is 9. The van der Waals surface area contributed by atoms with Crippen LogP contribution in [0.15, 0.2) is 11.6 Å². The highest BCUT2D eigenvalue weighted by Gasteiger charge is 2.72. The van der Waals surface area contributed by atoms with Gasteiger partial charge in [-0.05, 0) is 90.8 Å². The second kappa shape index (κ2) is 16.4. The van der Waals surface area contributed by atoms with Crippen LogP contribution in [0.5, 0.6) is 0 Å². The van der Waals surface area contributed by atoms with Crippen molar-refractivity contribution in [3.63, 3.8) is 0 Å². The molecule has 0 aromatic carbocycles. The first-order valence-electron chi connectivity index (χ1n) is 23.8. The molecule has 0 aromatic heterocycles. The molecule has 23 atom stereocenters. The van der Waals surface area contributed by atoms with Crippen LogP contribution in [-0.4, -0.2) is 170 Å². The van der Waals surface area contributed by atoms with E-state index in [1.165, 1.54) is 5.57 Å². The molecule has 9 N–H and O–H groups in total. The van der Waals surface area contributed by atoms with Crippen molar-refractivity contribution in [2.24, 2.45) is 50.2 Å². The van der Waals surface area contributed by atoms with Gasteiger partial charge in [0, 0.05) is 11.8 Å². The lowest BCUT2D eigenvalue weighted by atomic mass is 9.33. The van der Waals surface area contributed by atoms with Crippen LogP contribution in [0.25, 0.3) is 0 Å². The zero-order valence-corrected chi connectivity index (χ0v) is 38.3.